The number of morpholine rings is 2. The molecule has 2 aromatic heterocycles. The van der Waals surface area contributed by atoms with Gasteiger partial charge in [-0.3, -0.25) is 24.6 Å². The monoisotopic (exact) mass is 781 g/mol. The number of hydrogen-bond acceptors (Lipinski definition) is 10. The molecule has 14 nitrogen and oxygen atoms in total. The first-order valence-electron chi connectivity index (χ1n) is 17.4. The fourth-order valence-electron chi connectivity index (χ4n) is 5.64. The van der Waals surface area contributed by atoms with E-state index in [0.29, 0.717) is 69.6 Å². The summed E-state index contributed by atoms with van der Waals surface area (Å²) in [6.45, 7) is 2.79. The number of hydrogen-bond donors (Lipinski definition) is 1. The van der Waals surface area contributed by atoms with Gasteiger partial charge in [0.2, 0.25) is 0 Å². The maximum Gasteiger partial charge on any atom is 0.339 e. The van der Waals surface area contributed by atoms with Crippen molar-refractivity contribution in [1.82, 2.24) is 19.8 Å². The number of pyridine rings is 2. The van der Waals surface area contributed by atoms with Gasteiger partial charge in [-0.15, -0.1) is 0 Å². The first-order valence-corrected chi connectivity index (χ1v) is 17.4. The summed E-state index contributed by atoms with van der Waals surface area (Å²) in [5.41, 5.74) is 6.70. The van der Waals surface area contributed by atoms with Gasteiger partial charge in [-0.1, -0.05) is 0 Å². The molecule has 6 rings (SSSR count). The number of methoxy groups -OCH3 is 1. The SMILES string of the molecule is COC(=O)c1ccc(CN(C(=O)N2CCOCC2)c2ccc(F)cc2F)nc1.NCC(=O)c1ccc(CN(C(=O)N2CCOCC2)c2ccc(F)cc2F)nc1. The van der Waals surface area contributed by atoms with Gasteiger partial charge in [-0.05, 0) is 48.5 Å². The predicted octanol–water partition coefficient (Wildman–Crippen LogP) is 4.57. The largest absolute Gasteiger partial charge is 0.465 e. The summed E-state index contributed by atoms with van der Waals surface area (Å²) in [5.74, 6) is -3.97. The third-order valence-electron chi connectivity index (χ3n) is 8.64. The minimum absolute atomic E-state index is 0.0458. The van der Waals surface area contributed by atoms with Crippen LogP contribution in [-0.2, 0) is 27.3 Å². The summed E-state index contributed by atoms with van der Waals surface area (Å²) >= 11 is 0. The van der Waals surface area contributed by atoms with Crippen LogP contribution in [0.15, 0.2) is 73.1 Å². The van der Waals surface area contributed by atoms with Crippen LogP contribution in [0.25, 0.3) is 0 Å². The van der Waals surface area contributed by atoms with Crippen LogP contribution in [0.3, 0.4) is 0 Å². The van der Waals surface area contributed by atoms with Gasteiger partial charge in [-0.25, -0.2) is 31.9 Å². The van der Waals surface area contributed by atoms with Crippen LogP contribution >= 0.6 is 0 Å². The van der Waals surface area contributed by atoms with E-state index < -0.39 is 41.3 Å². The molecular formula is C38H39F4N7O7. The van der Waals surface area contributed by atoms with Crippen LogP contribution in [0.1, 0.15) is 32.1 Å². The first kappa shape index (κ1) is 41.2. The molecule has 2 aliphatic rings. The quantitative estimate of drug-likeness (QED) is 0.145. The molecule has 2 N–H and O–H groups in total. The van der Waals surface area contributed by atoms with Gasteiger partial charge in [0, 0.05) is 56.3 Å². The summed E-state index contributed by atoms with van der Waals surface area (Å²) in [5, 5.41) is 0. The van der Waals surface area contributed by atoms with Crippen molar-refractivity contribution in [3.8, 4) is 0 Å². The van der Waals surface area contributed by atoms with E-state index >= 15 is 0 Å². The molecule has 2 saturated heterocycles. The van der Waals surface area contributed by atoms with Crippen molar-refractivity contribution in [2.24, 2.45) is 5.73 Å². The van der Waals surface area contributed by atoms with E-state index in [-0.39, 0.29) is 42.4 Å². The summed E-state index contributed by atoms with van der Waals surface area (Å²) in [7, 11) is 1.26. The number of anilines is 2. The van der Waals surface area contributed by atoms with Crippen molar-refractivity contribution in [1.29, 1.82) is 0 Å². The van der Waals surface area contributed by atoms with E-state index in [9.17, 15) is 36.7 Å². The van der Waals surface area contributed by atoms with Crippen molar-refractivity contribution in [3.05, 3.63) is 119 Å². The van der Waals surface area contributed by atoms with Gasteiger partial charge >= 0.3 is 18.0 Å². The molecule has 296 valence electrons. The Morgan fingerprint density at radius 1 is 0.679 bits per heavy atom. The molecule has 0 saturated carbocycles. The van der Waals surface area contributed by atoms with Crippen LogP contribution in [0, 0.1) is 23.3 Å². The van der Waals surface area contributed by atoms with Crippen molar-refractivity contribution in [2.75, 3.05) is 76.1 Å². The maximum absolute atomic E-state index is 14.4. The molecule has 56 heavy (non-hydrogen) atoms. The highest BCUT2D eigenvalue weighted by atomic mass is 19.1. The van der Waals surface area contributed by atoms with Gasteiger partial charge in [0.15, 0.2) is 5.78 Å². The Morgan fingerprint density at radius 3 is 1.46 bits per heavy atom. The van der Waals surface area contributed by atoms with Crippen molar-refractivity contribution >= 4 is 35.2 Å². The van der Waals surface area contributed by atoms with E-state index in [1.54, 1.807) is 23.1 Å². The zero-order chi connectivity index (χ0) is 40.2. The Balaban J connectivity index is 0.000000214. The number of urea groups is 2. The van der Waals surface area contributed by atoms with Gasteiger partial charge in [-0.2, -0.15) is 0 Å². The number of benzene rings is 2. The average Bonchev–Trinajstić information content (AvgIpc) is 3.22. The normalized spacial score (nSPS) is 14.0. The number of nitrogens with two attached hydrogens (primary N) is 1. The molecule has 2 fully saturated rings. The molecule has 0 atom stereocenters. The Labute approximate surface area is 319 Å². The molecule has 0 radical (unpaired) electrons. The summed E-state index contributed by atoms with van der Waals surface area (Å²) in [4.78, 5) is 63.0. The number of ketones is 1. The summed E-state index contributed by atoms with van der Waals surface area (Å²) in [6.07, 6.45) is 2.68. The van der Waals surface area contributed by atoms with Crippen molar-refractivity contribution < 1.29 is 51.0 Å². The number of esters is 1. The van der Waals surface area contributed by atoms with E-state index in [2.05, 4.69) is 14.7 Å². The number of ether oxygens (including phenoxy) is 3. The fourth-order valence-corrected chi connectivity index (χ4v) is 5.64. The smallest absolute Gasteiger partial charge is 0.339 e. The standard InChI is InChI=1S/C19H20F2N4O3.C19H19F2N3O4/c20-14-2-4-17(16(21)9-14)25(19(27)24-5-7-28-8-6-24)12-15-3-1-13(11-23-15)18(26)10-22;1-27-18(25)13-2-4-15(22-11-13)12-24(17-5-3-14(20)10-16(17)21)19(26)23-6-8-28-9-7-23/h1-4,9,11H,5-8,10,12,22H2;2-5,10-11H,6-9,12H2,1H3. The zero-order valence-corrected chi connectivity index (χ0v) is 30.3. The van der Waals surface area contributed by atoms with Crippen molar-refractivity contribution in [3.63, 3.8) is 0 Å². The average molecular weight is 782 g/mol. The number of Topliss-reactive ketones (excluding diaryl/α,β-unsaturated/α-hetero) is 1. The Kier molecular flexibility index (Phi) is 14.4. The Morgan fingerprint density at radius 2 is 1.11 bits per heavy atom. The second-order valence-corrected chi connectivity index (χ2v) is 12.3. The number of nitrogens with zero attached hydrogens (tertiary/aromatic N) is 6. The Hall–Kier alpha value is -5.98. The van der Waals surface area contributed by atoms with E-state index in [0.717, 1.165) is 24.3 Å². The molecule has 0 aliphatic carbocycles. The Bertz CT molecular complexity index is 1850. The fraction of sp³-hybridized carbons (Fsp3) is 0.316. The van der Waals surface area contributed by atoms with Gasteiger partial charge in [0.25, 0.3) is 0 Å². The number of halogens is 4. The maximum atomic E-state index is 14.4. The zero-order valence-electron chi connectivity index (χ0n) is 30.3. The van der Waals surface area contributed by atoms with Crippen LogP contribution in [0.4, 0.5) is 38.5 Å². The molecular weight excluding hydrogens is 742 g/mol. The molecule has 4 aromatic rings. The lowest BCUT2D eigenvalue weighted by Crippen LogP contribution is -2.48. The number of aromatic nitrogens is 2. The lowest BCUT2D eigenvalue weighted by Gasteiger charge is -2.33. The third kappa shape index (κ3) is 10.6. The van der Waals surface area contributed by atoms with Gasteiger partial charge < -0.3 is 29.7 Å². The molecule has 2 aliphatic heterocycles. The lowest BCUT2D eigenvalue weighted by molar-refractivity contribution is 0.0547. The van der Waals surface area contributed by atoms with Crippen molar-refractivity contribution in [2.45, 2.75) is 13.1 Å². The minimum atomic E-state index is -0.854. The van der Waals surface area contributed by atoms with E-state index in [1.807, 2.05) is 0 Å². The van der Waals surface area contributed by atoms with E-state index in [1.165, 1.54) is 52.4 Å². The number of rotatable bonds is 9. The molecule has 18 heteroatoms. The molecule has 0 spiro atoms. The highest BCUT2D eigenvalue weighted by Crippen LogP contribution is 2.26. The molecule has 0 bridgehead atoms. The van der Waals surface area contributed by atoms with Gasteiger partial charge in [0.1, 0.15) is 23.3 Å². The third-order valence-corrected chi connectivity index (χ3v) is 8.64. The van der Waals surface area contributed by atoms with Crippen LogP contribution in [0.5, 0.6) is 0 Å². The summed E-state index contributed by atoms with van der Waals surface area (Å²) in [6, 6.07) is 11.4. The first-order chi connectivity index (χ1) is 27.0. The lowest BCUT2D eigenvalue weighted by atomic mass is 10.1. The van der Waals surface area contributed by atoms with Crippen LogP contribution < -0.4 is 15.5 Å². The van der Waals surface area contributed by atoms with Crippen LogP contribution in [-0.4, -0.2) is 110 Å². The summed E-state index contributed by atoms with van der Waals surface area (Å²) < 4.78 is 70.5. The number of carbonyl (C=O) groups is 4. The second-order valence-electron chi connectivity index (χ2n) is 12.3. The molecule has 4 amide bonds. The van der Waals surface area contributed by atoms with Gasteiger partial charge in [0.05, 0.1) is 81.5 Å². The second kappa shape index (κ2) is 19.6. The number of carbonyl (C=O) groups excluding carboxylic acids is 4. The topological polar surface area (TPSA) is 161 Å². The predicted molar refractivity (Wildman–Crippen MR) is 194 cm³/mol. The highest BCUT2D eigenvalue weighted by molar-refractivity contribution is 5.97. The molecule has 4 heterocycles. The van der Waals surface area contributed by atoms with E-state index in [4.69, 9.17) is 15.2 Å². The highest BCUT2D eigenvalue weighted by Gasteiger charge is 2.28. The molecule has 0 unspecified atom stereocenters. The van der Waals surface area contributed by atoms with Crippen LogP contribution in [0.2, 0.25) is 0 Å². The number of amides is 4. The minimum Gasteiger partial charge on any atom is -0.465 e. The molecule has 2 aromatic carbocycles.